The molecule has 0 saturated carbocycles. The Morgan fingerprint density at radius 1 is 0.189 bits per heavy atom. The van der Waals surface area contributed by atoms with Gasteiger partial charge in [0.1, 0.15) is 17.3 Å². The molecule has 0 bridgehead atoms. The van der Waals surface area contributed by atoms with Gasteiger partial charge in [-0.15, -0.1) is 0 Å². The minimum Gasteiger partial charge on any atom is -0.311 e. The van der Waals surface area contributed by atoms with Crippen molar-refractivity contribution in [3.8, 4) is 175 Å². The van der Waals surface area contributed by atoms with Crippen molar-refractivity contribution in [1.82, 2.24) is 48.6 Å². The van der Waals surface area contributed by atoms with E-state index in [1.54, 1.807) is 0 Å². The number of para-hydroxylation sites is 5. The smallest absolute Gasteiger partial charge is 0.164 e. The van der Waals surface area contributed by atoms with Crippen LogP contribution >= 0.6 is 0 Å². The molecule has 672 valence electrons. The fourth-order valence-corrected chi connectivity index (χ4v) is 23.9. The molecule has 0 amide bonds. The first-order chi connectivity index (χ1) is 70.5. The molecule has 19 aromatic carbocycles. The van der Waals surface area contributed by atoms with Crippen LogP contribution in [-0.4, -0.2) is 48.6 Å². The summed E-state index contributed by atoms with van der Waals surface area (Å²) in [5.74, 6) is 4.67. The maximum absolute atomic E-state index is 5.40. The fourth-order valence-electron chi connectivity index (χ4n) is 23.9. The number of fused-ring (bicyclic) bond motifs is 9. The largest absolute Gasteiger partial charge is 0.311 e. The molecule has 5 aromatic heterocycles. The summed E-state index contributed by atoms with van der Waals surface area (Å²) in [5.41, 5.74) is 48.9. The van der Waals surface area contributed by atoms with Crippen LogP contribution < -0.4 is 4.90 Å². The van der Waals surface area contributed by atoms with Crippen LogP contribution in [0.4, 0.5) is 17.1 Å². The molecule has 0 spiro atoms. The van der Waals surface area contributed by atoms with Gasteiger partial charge in [-0.25, -0.2) is 34.9 Å². The average Bonchev–Trinajstić information content (AvgIpc) is 1.52. The first-order valence-electron chi connectivity index (χ1n) is 49.1. The van der Waals surface area contributed by atoms with Gasteiger partial charge in [0, 0.05) is 100 Å². The van der Waals surface area contributed by atoms with Crippen molar-refractivity contribution in [2.24, 2.45) is 0 Å². The zero-order valence-electron chi connectivity index (χ0n) is 78.9. The van der Waals surface area contributed by atoms with E-state index in [9.17, 15) is 0 Å². The molecule has 0 radical (unpaired) electrons. The Kier molecular flexibility index (Phi) is 18.7. The average molecular weight is 1830 g/mol. The van der Waals surface area contributed by atoms with E-state index in [0.717, 1.165) is 118 Å². The van der Waals surface area contributed by atoms with Crippen LogP contribution in [0, 0.1) is 0 Å². The van der Waals surface area contributed by atoms with Gasteiger partial charge in [0.15, 0.2) is 23.3 Å². The van der Waals surface area contributed by atoms with Gasteiger partial charge >= 0.3 is 0 Å². The van der Waals surface area contributed by atoms with Crippen molar-refractivity contribution in [3.05, 3.63) is 512 Å². The van der Waals surface area contributed by atoms with E-state index in [1.807, 2.05) is 66.7 Å². The summed E-state index contributed by atoms with van der Waals surface area (Å²) >= 11 is 0. The molecule has 3 aliphatic carbocycles. The summed E-state index contributed by atoms with van der Waals surface area (Å²) in [6.07, 6.45) is 0. The Morgan fingerprint density at radius 2 is 0.476 bits per heavy atom. The second-order valence-corrected chi connectivity index (χ2v) is 38.7. The number of rotatable bonds is 13. The van der Waals surface area contributed by atoms with Crippen LogP contribution in [-0.2, 0) is 16.2 Å². The van der Waals surface area contributed by atoms with Crippen molar-refractivity contribution in [1.29, 1.82) is 0 Å². The van der Waals surface area contributed by atoms with Gasteiger partial charge in [-0.2, -0.15) is 0 Å². The topological polar surface area (TPSA) is 108 Å². The lowest BCUT2D eigenvalue weighted by atomic mass is 9.74. The molecule has 11 heteroatoms. The first kappa shape index (κ1) is 82.8. The van der Waals surface area contributed by atoms with E-state index in [2.05, 4.69) is 447 Å². The van der Waals surface area contributed by atoms with Gasteiger partial charge in [0.05, 0.1) is 55.9 Å². The molecule has 0 saturated heterocycles. The molecule has 11 nitrogen and oxygen atoms in total. The minimum atomic E-state index is -0.284. The monoisotopic (exact) mass is 1830 g/mol. The van der Waals surface area contributed by atoms with Crippen molar-refractivity contribution in [2.75, 3.05) is 4.90 Å². The normalized spacial score (nSPS) is 14.7. The summed E-state index contributed by atoms with van der Waals surface area (Å²) in [4.78, 5) is 38.2. The van der Waals surface area contributed by atoms with E-state index in [-0.39, 0.29) is 16.2 Å². The van der Waals surface area contributed by atoms with Crippen LogP contribution in [0.25, 0.3) is 208 Å². The molecule has 24 aromatic rings. The molecule has 143 heavy (non-hydrogen) atoms. The second kappa shape index (κ2) is 32.3. The zero-order chi connectivity index (χ0) is 94.9. The Morgan fingerprint density at radius 3 is 0.909 bits per heavy atom. The zero-order valence-corrected chi connectivity index (χ0v) is 78.9. The number of hydrogen-bond donors (Lipinski definition) is 0. The number of hydrogen-bond acceptors (Lipinski definition) is 8. The Hall–Kier alpha value is -18.5. The number of pyridine rings is 1. The van der Waals surface area contributed by atoms with Gasteiger partial charge in [-0.05, 0) is 188 Å². The number of aromatic nitrogens is 10. The highest BCUT2D eigenvalue weighted by Gasteiger charge is 2.48. The molecule has 8 heterocycles. The Bertz CT molecular complexity index is 9180. The molecule has 2 atom stereocenters. The minimum absolute atomic E-state index is 0.0974. The fraction of sp³-hybridized carbons (Fsp3) is 0.0530. The van der Waals surface area contributed by atoms with Gasteiger partial charge in [-0.1, -0.05) is 396 Å². The molecule has 30 rings (SSSR count). The number of benzene rings is 19. The standard InChI is InChI=1S/C51H35N3.C43H29N5.C38H25N3/c1-51(37-14-5-2-6-15-37)43-22-13-21-42-41-20-11-12-23-46(41)54-49-45(33-32-44(51)48(49)47(42)43)52-50(54)36-26-24-34(25-27-36)35-28-30-40(31-29-35)53(38-16-7-3-8-17-38)39-18-9-4-10-19-39;1-43(2)32-18-11-17-31-30-16-9-10-19-35(30)48-38-34(25-24-33(43)37(38)36(31)32)44-42(48)29-22-20-28(21-23-29)41-46-39(26-12-5-3-6-13-26)45-40(47-41)27-14-7-4-8-15-27;1-38(25-14-6-3-7-15-25)28-18-10-17-27-26-16-8-9-21-33(26)41-36-31(23-22-29(38)35(36)34(27)28)40-37(41)32-20-11-19-30(39-32)24-12-4-2-5-13-24/h2-33H,1H3;3-25H,1-2H3;2-23H,1H3. The molecule has 0 fully saturated rings. The molecule has 0 N–H and O–H groups in total. The SMILES string of the molecule is CC1(C)c2cccc3c2-c2c1ccc1nc(-c4ccc(-c5nc(-c6ccccc6)nc(-c6ccccc6)n5)cc4)n(c21)-c1ccccc1-3.CC1(c2ccccc2)c2cccc3c2-c2c1ccc1nc(-c4ccc(-c5ccc(N(c6ccccc6)c6ccccc6)cc5)cc4)n(c21)-c1ccccc1-3.CC1(c2ccccc2)c2cccc3c2-c2c1ccc1nc(-c4cccc(-c5ccccc5)n4)n(c21)-c1ccccc1-3. The van der Waals surface area contributed by atoms with Crippen molar-refractivity contribution < 1.29 is 0 Å². The highest BCUT2D eigenvalue weighted by molar-refractivity contribution is 6.13. The van der Waals surface area contributed by atoms with Crippen LogP contribution in [0.2, 0.25) is 0 Å². The quantitative estimate of drug-likeness (QED) is 0.112. The highest BCUT2D eigenvalue weighted by Crippen LogP contribution is 2.63. The van der Waals surface area contributed by atoms with Gasteiger partial charge in [0.2, 0.25) is 0 Å². The summed E-state index contributed by atoms with van der Waals surface area (Å²) in [5, 5.41) is 0. The van der Waals surface area contributed by atoms with Crippen LogP contribution in [0.1, 0.15) is 72.2 Å². The molecule has 3 aliphatic heterocycles. The lowest BCUT2D eigenvalue weighted by molar-refractivity contribution is 0.661. The summed E-state index contributed by atoms with van der Waals surface area (Å²) in [7, 11) is 0. The van der Waals surface area contributed by atoms with E-state index < -0.39 is 0 Å². The van der Waals surface area contributed by atoms with E-state index in [0.29, 0.717) is 17.5 Å². The van der Waals surface area contributed by atoms with Gasteiger partial charge in [-0.3, -0.25) is 13.7 Å². The number of nitrogens with zero attached hydrogens (tertiary/aromatic N) is 11. The molecular formula is C132H89N11. The maximum Gasteiger partial charge on any atom is 0.164 e. The second-order valence-electron chi connectivity index (χ2n) is 38.7. The Labute approximate surface area is 828 Å². The van der Waals surface area contributed by atoms with Crippen LogP contribution in [0.5, 0.6) is 0 Å². The van der Waals surface area contributed by atoms with Crippen LogP contribution in [0.15, 0.2) is 467 Å². The summed E-state index contributed by atoms with van der Waals surface area (Å²) in [6.45, 7) is 9.45. The molecular weight excluding hydrogens is 1740 g/mol. The van der Waals surface area contributed by atoms with Crippen molar-refractivity contribution in [3.63, 3.8) is 0 Å². The summed E-state index contributed by atoms with van der Waals surface area (Å²) < 4.78 is 7.17. The molecule has 2 unspecified atom stereocenters. The number of anilines is 3. The van der Waals surface area contributed by atoms with E-state index in [1.165, 1.54) is 133 Å². The lowest BCUT2D eigenvalue weighted by Crippen LogP contribution is -2.22. The third-order valence-corrected chi connectivity index (χ3v) is 30.7. The van der Waals surface area contributed by atoms with Gasteiger partial charge in [0.25, 0.3) is 0 Å². The lowest BCUT2D eigenvalue weighted by Gasteiger charge is -2.28. The predicted octanol–water partition coefficient (Wildman–Crippen LogP) is 32.4. The van der Waals surface area contributed by atoms with Crippen molar-refractivity contribution in [2.45, 2.75) is 43.9 Å². The molecule has 6 aliphatic rings. The summed E-state index contributed by atoms with van der Waals surface area (Å²) in [6, 6.07) is 166. The first-order valence-corrected chi connectivity index (χ1v) is 49.1. The van der Waals surface area contributed by atoms with Crippen molar-refractivity contribution >= 4 is 50.2 Å². The predicted molar refractivity (Wildman–Crippen MR) is 582 cm³/mol. The Balaban J connectivity index is 0.000000105. The third-order valence-electron chi connectivity index (χ3n) is 30.7. The maximum atomic E-state index is 5.40. The van der Waals surface area contributed by atoms with Gasteiger partial charge < -0.3 is 4.90 Å². The number of imidazole rings is 3. The highest BCUT2D eigenvalue weighted by atomic mass is 15.1. The van der Waals surface area contributed by atoms with E-state index >= 15 is 0 Å². The van der Waals surface area contributed by atoms with E-state index in [4.69, 9.17) is 34.9 Å². The third kappa shape index (κ3) is 12.7. The van der Waals surface area contributed by atoms with Crippen LogP contribution in [0.3, 0.4) is 0 Å².